The number of hydrogen-bond acceptors (Lipinski definition) is 3. The highest BCUT2D eigenvalue weighted by Crippen LogP contribution is 2.24. The molecule has 1 heterocycles. The van der Waals surface area contributed by atoms with Gasteiger partial charge < -0.3 is 9.64 Å². The van der Waals surface area contributed by atoms with Crippen molar-refractivity contribution in [3.8, 4) is 0 Å². The van der Waals surface area contributed by atoms with Crippen LogP contribution in [0.1, 0.15) is 51.9 Å². The number of ether oxygens (including phenoxy) is 1. The zero-order valence-corrected chi connectivity index (χ0v) is 11.7. The van der Waals surface area contributed by atoms with E-state index in [2.05, 4.69) is 6.08 Å². The van der Waals surface area contributed by atoms with Crippen LogP contribution in [-0.4, -0.2) is 36.0 Å². The van der Waals surface area contributed by atoms with Crippen LogP contribution in [0.5, 0.6) is 0 Å². The number of allylic oxidation sites excluding steroid dienone is 1. The summed E-state index contributed by atoms with van der Waals surface area (Å²) in [4.78, 5) is 25.4. The summed E-state index contributed by atoms with van der Waals surface area (Å²) in [5.41, 5.74) is 1.44. The van der Waals surface area contributed by atoms with Crippen LogP contribution in [0.15, 0.2) is 11.6 Å². The SMILES string of the molecule is CCOC(=O)C1CCC(=O)N1CCC1=CCCCC1. The molecule has 4 nitrogen and oxygen atoms in total. The number of amides is 1. The van der Waals surface area contributed by atoms with Gasteiger partial charge in [-0.1, -0.05) is 11.6 Å². The summed E-state index contributed by atoms with van der Waals surface area (Å²) in [6, 6.07) is -0.350. The molecular formula is C15H23NO3. The van der Waals surface area contributed by atoms with E-state index in [1.807, 2.05) is 0 Å². The standard InChI is InChI=1S/C15H23NO3/c1-2-19-15(18)13-8-9-14(17)16(13)11-10-12-6-4-3-5-7-12/h6,13H,2-5,7-11H2,1H3. The molecule has 0 spiro atoms. The Hall–Kier alpha value is -1.32. The second-order valence-corrected chi connectivity index (χ2v) is 5.25. The maximum Gasteiger partial charge on any atom is 0.328 e. The first-order chi connectivity index (χ1) is 9.22. The van der Waals surface area contributed by atoms with Gasteiger partial charge in [0.2, 0.25) is 5.91 Å². The minimum atomic E-state index is -0.350. The highest BCUT2D eigenvalue weighted by atomic mass is 16.5. The fourth-order valence-corrected chi connectivity index (χ4v) is 2.89. The van der Waals surface area contributed by atoms with Crippen LogP contribution in [0.3, 0.4) is 0 Å². The lowest BCUT2D eigenvalue weighted by Gasteiger charge is -2.24. The minimum Gasteiger partial charge on any atom is -0.464 e. The van der Waals surface area contributed by atoms with Gasteiger partial charge >= 0.3 is 5.97 Å². The molecule has 1 amide bonds. The topological polar surface area (TPSA) is 46.6 Å². The number of carbonyl (C=O) groups excluding carboxylic acids is 2. The lowest BCUT2D eigenvalue weighted by atomic mass is 9.97. The van der Waals surface area contributed by atoms with Crippen LogP contribution in [0.4, 0.5) is 0 Å². The molecule has 0 aromatic heterocycles. The van der Waals surface area contributed by atoms with E-state index in [4.69, 9.17) is 4.74 Å². The van der Waals surface area contributed by atoms with E-state index in [0.29, 0.717) is 26.0 Å². The largest absolute Gasteiger partial charge is 0.464 e. The second kappa shape index (κ2) is 6.73. The van der Waals surface area contributed by atoms with Crippen LogP contribution < -0.4 is 0 Å². The first-order valence-corrected chi connectivity index (χ1v) is 7.36. The molecule has 0 saturated carbocycles. The van der Waals surface area contributed by atoms with Gasteiger partial charge in [-0.15, -0.1) is 0 Å². The van der Waals surface area contributed by atoms with Crippen molar-refractivity contribution in [1.82, 2.24) is 4.90 Å². The quantitative estimate of drug-likeness (QED) is 0.566. The Balaban J connectivity index is 1.90. The van der Waals surface area contributed by atoms with Crippen LogP contribution in [0.2, 0.25) is 0 Å². The van der Waals surface area contributed by atoms with Crippen molar-refractivity contribution in [3.63, 3.8) is 0 Å². The lowest BCUT2D eigenvalue weighted by Crippen LogP contribution is -2.40. The van der Waals surface area contributed by atoms with Gasteiger partial charge in [-0.3, -0.25) is 4.79 Å². The van der Waals surface area contributed by atoms with Crippen molar-refractivity contribution in [3.05, 3.63) is 11.6 Å². The van der Waals surface area contributed by atoms with E-state index in [1.54, 1.807) is 11.8 Å². The lowest BCUT2D eigenvalue weighted by molar-refractivity contribution is -0.151. The molecule has 1 fully saturated rings. The van der Waals surface area contributed by atoms with Crippen molar-refractivity contribution >= 4 is 11.9 Å². The Morgan fingerprint density at radius 3 is 2.95 bits per heavy atom. The Kier molecular flexibility index (Phi) is 5.00. The molecule has 1 aliphatic heterocycles. The number of esters is 1. The van der Waals surface area contributed by atoms with E-state index in [0.717, 1.165) is 19.3 Å². The molecule has 19 heavy (non-hydrogen) atoms. The molecular weight excluding hydrogens is 242 g/mol. The molecule has 0 N–H and O–H groups in total. The van der Waals surface area contributed by atoms with Gasteiger partial charge in [0.15, 0.2) is 0 Å². The third-order valence-electron chi connectivity index (χ3n) is 3.95. The number of rotatable bonds is 5. The molecule has 1 unspecified atom stereocenters. The van der Waals surface area contributed by atoms with Crippen LogP contribution in [0, 0.1) is 0 Å². The molecule has 0 aromatic rings. The molecule has 1 saturated heterocycles. The first kappa shape index (κ1) is 14.1. The van der Waals surface area contributed by atoms with Crippen LogP contribution >= 0.6 is 0 Å². The number of nitrogens with zero attached hydrogens (tertiary/aromatic N) is 1. The smallest absolute Gasteiger partial charge is 0.328 e. The second-order valence-electron chi connectivity index (χ2n) is 5.25. The molecule has 0 radical (unpaired) electrons. The van der Waals surface area contributed by atoms with E-state index < -0.39 is 0 Å². The van der Waals surface area contributed by atoms with Crippen molar-refractivity contribution in [1.29, 1.82) is 0 Å². The van der Waals surface area contributed by atoms with Gasteiger partial charge in [-0.25, -0.2) is 4.79 Å². The molecule has 2 aliphatic rings. The molecule has 4 heteroatoms. The zero-order chi connectivity index (χ0) is 13.7. The molecule has 1 atom stereocenters. The molecule has 106 valence electrons. The average Bonchev–Trinajstić information content (AvgIpc) is 2.79. The summed E-state index contributed by atoms with van der Waals surface area (Å²) in [5, 5.41) is 0. The van der Waals surface area contributed by atoms with Crippen LogP contribution in [0.25, 0.3) is 0 Å². The minimum absolute atomic E-state index is 0.0921. The van der Waals surface area contributed by atoms with E-state index in [1.165, 1.54) is 18.4 Å². The summed E-state index contributed by atoms with van der Waals surface area (Å²) in [5.74, 6) is -0.152. The van der Waals surface area contributed by atoms with Gasteiger partial charge in [0.25, 0.3) is 0 Å². The third-order valence-corrected chi connectivity index (χ3v) is 3.95. The van der Waals surface area contributed by atoms with E-state index >= 15 is 0 Å². The highest BCUT2D eigenvalue weighted by molar-refractivity contribution is 5.88. The summed E-state index contributed by atoms with van der Waals surface area (Å²) in [6.45, 7) is 2.84. The van der Waals surface area contributed by atoms with Gasteiger partial charge in [-0.2, -0.15) is 0 Å². The Labute approximate surface area is 114 Å². The van der Waals surface area contributed by atoms with E-state index in [-0.39, 0.29) is 17.9 Å². The number of carbonyl (C=O) groups is 2. The Bertz CT molecular complexity index is 376. The number of likely N-dealkylation sites (tertiary alicyclic amines) is 1. The van der Waals surface area contributed by atoms with Crippen molar-refractivity contribution in [2.45, 2.75) is 57.9 Å². The summed E-state index contributed by atoms with van der Waals surface area (Å²) in [6.07, 6.45) is 9.11. The molecule has 1 aliphatic carbocycles. The van der Waals surface area contributed by atoms with Crippen molar-refractivity contribution in [2.24, 2.45) is 0 Å². The average molecular weight is 265 g/mol. The monoisotopic (exact) mass is 265 g/mol. The maximum absolute atomic E-state index is 11.9. The van der Waals surface area contributed by atoms with E-state index in [9.17, 15) is 9.59 Å². The number of hydrogen-bond donors (Lipinski definition) is 0. The summed E-state index contributed by atoms with van der Waals surface area (Å²) < 4.78 is 5.05. The maximum atomic E-state index is 11.9. The molecule has 2 rings (SSSR count). The van der Waals surface area contributed by atoms with Gasteiger partial charge in [0.1, 0.15) is 6.04 Å². The normalized spacial score (nSPS) is 23.4. The van der Waals surface area contributed by atoms with Crippen molar-refractivity contribution in [2.75, 3.05) is 13.2 Å². The third kappa shape index (κ3) is 3.58. The highest BCUT2D eigenvalue weighted by Gasteiger charge is 2.36. The zero-order valence-electron chi connectivity index (χ0n) is 11.7. The molecule has 0 aromatic carbocycles. The fraction of sp³-hybridized carbons (Fsp3) is 0.733. The Morgan fingerprint density at radius 2 is 2.26 bits per heavy atom. The summed E-state index contributed by atoms with van der Waals surface area (Å²) >= 11 is 0. The first-order valence-electron chi connectivity index (χ1n) is 7.36. The Morgan fingerprint density at radius 1 is 1.42 bits per heavy atom. The molecule has 0 bridgehead atoms. The van der Waals surface area contributed by atoms with Gasteiger partial charge in [0, 0.05) is 13.0 Å². The summed E-state index contributed by atoms with van der Waals surface area (Å²) in [7, 11) is 0. The van der Waals surface area contributed by atoms with Gasteiger partial charge in [0.05, 0.1) is 6.61 Å². The van der Waals surface area contributed by atoms with Gasteiger partial charge in [-0.05, 0) is 45.4 Å². The van der Waals surface area contributed by atoms with Crippen molar-refractivity contribution < 1.29 is 14.3 Å². The fourth-order valence-electron chi connectivity index (χ4n) is 2.89. The predicted octanol–water partition coefficient (Wildman–Crippen LogP) is 2.43. The van der Waals surface area contributed by atoms with Crippen LogP contribution in [-0.2, 0) is 14.3 Å². The predicted molar refractivity (Wildman–Crippen MR) is 72.5 cm³/mol.